The molecule has 0 amide bonds. The molecule has 16 heavy (non-hydrogen) atoms. The molecule has 88 valence electrons. The highest BCUT2D eigenvalue weighted by atomic mass is 79.9. The zero-order chi connectivity index (χ0) is 11.4. The number of pyridine rings is 1. The molecule has 1 aromatic rings. The molecule has 5 heteroatoms. The van der Waals surface area contributed by atoms with Gasteiger partial charge in [0.05, 0.1) is 13.2 Å². The van der Waals surface area contributed by atoms with E-state index in [2.05, 4.69) is 31.9 Å². The van der Waals surface area contributed by atoms with Crippen molar-refractivity contribution in [3.8, 4) is 0 Å². The Morgan fingerprint density at radius 3 is 3.19 bits per heavy atom. The maximum atomic E-state index is 5.93. The third-order valence-corrected chi connectivity index (χ3v) is 3.46. The van der Waals surface area contributed by atoms with Crippen LogP contribution in [0.25, 0.3) is 0 Å². The number of nitrogens with zero attached hydrogens (tertiary/aromatic N) is 2. The normalized spacial score (nSPS) is 22.2. The van der Waals surface area contributed by atoms with Crippen LogP contribution in [0.4, 0.5) is 0 Å². The van der Waals surface area contributed by atoms with Crippen molar-refractivity contribution in [2.24, 2.45) is 0 Å². The predicted molar refractivity (Wildman–Crippen MR) is 67.7 cm³/mol. The predicted octanol–water partition coefficient (Wildman–Crippen LogP) is 2.28. The number of morpholine rings is 1. The molecule has 2 heterocycles. The van der Waals surface area contributed by atoms with Crippen LogP contribution in [-0.4, -0.2) is 41.6 Å². The van der Waals surface area contributed by atoms with Crippen LogP contribution in [0.15, 0.2) is 22.9 Å². The Bertz CT molecular complexity index is 351. The number of aromatic nitrogens is 1. The van der Waals surface area contributed by atoms with Crippen molar-refractivity contribution in [3.05, 3.63) is 28.5 Å². The average molecular weight is 306 g/mol. The first kappa shape index (κ1) is 12.3. The zero-order valence-electron chi connectivity index (χ0n) is 8.90. The summed E-state index contributed by atoms with van der Waals surface area (Å²) in [4.78, 5) is 6.51. The standard InChI is InChI=1S/C11H14BrClN2O/c12-10-3-9(5-14-6-10)7-15-1-2-16-8-11(15)4-13/h3,5-6,11H,1-2,4,7-8H2. The molecule has 1 saturated heterocycles. The Morgan fingerprint density at radius 2 is 2.44 bits per heavy atom. The van der Waals surface area contributed by atoms with E-state index >= 15 is 0 Å². The lowest BCUT2D eigenvalue weighted by Crippen LogP contribution is -2.45. The van der Waals surface area contributed by atoms with Gasteiger partial charge in [0.1, 0.15) is 0 Å². The SMILES string of the molecule is ClCC1COCCN1Cc1cncc(Br)c1. The summed E-state index contributed by atoms with van der Waals surface area (Å²) in [6, 6.07) is 2.41. The van der Waals surface area contributed by atoms with Gasteiger partial charge in [0.15, 0.2) is 0 Å². The monoisotopic (exact) mass is 304 g/mol. The van der Waals surface area contributed by atoms with Crippen LogP contribution < -0.4 is 0 Å². The molecule has 0 aromatic carbocycles. The van der Waals surface area contributed by atoms with Crippen LogP contribution in [0.1, 0.15) is 5.56 Å². The molecule has 0 aliphatic carbocycles. The maximum Gasteiger partial charge on any atom is 0.0634 e. The van der Waals surface area contributed by atoms with Crippen LogP contribution in [0.5, 0.6) is 0 Å². The van der Waals surface area contributed by atoms with E-state index in [-0.39, 0.29) is 0 Å². The molecule has 0 spiro atoms. The van der Waals surface area contributed by atoms with Gasteiger partial charge in [-0.1, -0.05) is 0 Å². The average Bonchev–Trinajstić information content (AvgIpc) is 2.30. The van der Waals surface area contributed by atoms with Crippen LogP contribution >= 0.6 is 27.5 Å². The van der Waals surface area contributed by atoms with Gasteiger partial charge in [-0.05, 0) is 27.6 Å². The highest BCUT2D eigenvalue weighted by molar-refractivity contribution is 9.10. The first-order valence-electron chi connectivity index (χ1n) is 5.27. The molecule has 1 aromatic heterocycles. The number of rotatable bonds is 3. The van der Waals surface area contributed by atoms with Crippen LogP contribution in [0.3, 0.4) is 0 Å². The molecule has 1 aliphatic rings. The van der Waals surface area contributed by atoms with Crippen molar-refractivity contribution >= 4 is 27.5 Å². The van der Waals surface area contributed by atoms with Crippen LogP contribution in [0, 0.1) is 0 Å². The van der Waals surface area contributed by atoms with E-state index in [9.17, 15) is 0 Å². The molecule has 1 atom stereocenters. The van der Waals surface area contributed by atoms with Crippen molar-refractivity contribution in [2.75, 3.05) is 25.6 Å². The number of ether oxygens (including phenoxy) is 1. The summed E-state index contributed by atoms with van der Waals surface area (Å²) in [5.74, 6) is 0.613. The Balaban J connectivity index is 2.02. The van der Waals surface area contributed by atoms with E-state index in [1.165, 1.54) is 5.56 Å². The van der Waals surface area contributed by atoms with E-state index in [1.54, 1.807) is 6.20 Å². The van der Waals surface area contributed by atoms with Gasteiger partial charge in [-0.15, -0.1) is 11.6 Å². The van der Waals surface area contributed by atoms with Gasteiger partial charge in [0, 0.05) is 41.9 Å². The van der Waals surface area contributed by atoms with Crippen molar-refractivity contribution < 1.29 is 4.74 Å². The van der Waals surface area contributed by atoms with E-state index in [0.29, 0.717) is 11.9 Å². The molecule has 1 fully saturated rings. The molecular weight excluding hydrogens is 291 g/mol. The second-order valence-electron chi connectivity index (χ2n) is 3.86. The second-order valence-corrected chi connectivity index (χ2v) is 5.09. The largest absolute Gasteiger partial charge is 0.378 e. The molecule has 1 aliphatic heterocycles. The molecule has 0 bridgehead atoms. The highest BCUT2D eigenvalue weighted by Gasteiger charge is 2.22. The van der Waals surface area contributed by atoms with Gasteiger partial charge >= 0.3 is 0 Å². The van der Waals surface area contributed by atoms with E-state index in [0.717, 1.165) is 30.8 Å². The Morgan fingerprint density at radius 1 is 1.56 bits per heavy atom. The van der Waals surface area contributed by atoms with Gasteiger partial charge in [0.25, 0.3) is 0 Å². The first-order valence-corrected chi connectivity index (χ1v) is 6.59. The first-order chi connectivity index (χ1) is 7.79. The van der Waals surface area contributed by atoms with Gasteiger partial charge < -0.3 is 4.74 Å². The molecule has 0 radical (unpaired) electrons. The lowest BCUT2D eigenvalue weighted by atomic mass is 10.2. The summed E-state index contributed by atoms with van der Waals surface area (Å²) in [5.41, 5.74) is 1.20. The summed E-state index contributed by atoms with van der Waals surface area (Å²) in [5, 5.41) is 0. The summed E-state index contributed by atoms with van der Waals surface area (Å²) in [6.45, 7) is 3.33. The second kappa shape index (κ2) is 5.96. The van der Waals surface area contributed by atoms with E-state index in [4.69, 9.17) is 16.3 Å². The lowest BCUT2D eigenvalue weighted by molar-refractivity contribution is -0.00308. The minimum Gasteiger partial charge on any atom is -0.378 e. The van der Waals surface area contributed by atoms with E-state index < -0.39 is 0 Å². The van der Waals surface area contributed by atoms with Crippen molar-refractivity contribution in [1.82, 2.24) is 9.88 Å². The molecule has 0 saturated carbocycles. The molecule has 3 nitrogen and oxygen atoms in total. The minimum atomic E-state index is 0.314. The van der Waals surface area contributed by atoms with Gasteiger partial charge in [0.2, 0.25) is 0 Å². The minimum absolute atomic E-state index is 0.314. The van der Waals surface area contributed by atoms with E-state index in [1.807, 2.05) is 6.20 Å². The van der Waals surface area contributed by atoms with Crippen molar-refractivity contribution in [2.45, 2.75) is 12.6 Å². The number of halogens is 2. The van der Waals surface area contributed by atoms with Crippen LogP contribution in [-0.2, 0) is 11.3 Å². The summed E-state index contributed by atoms with van der Waals surface area (Å²) >= 11 is 9.35. The van der Waals surface area contributed by atoms with Gasteiger partial charge in [-0.2, -0.15) is 0 Å². The Labute approximate surface area is 109 Å². The fourth-order valence-corrected chi connectivity index (χ4v) is 2.51. The third kappa shape index (κ3) is 3.17. The maximum absolute atomic E-state index is 5.93. The highest BCUT2D eigenvalue weighted by Crippen LogP contribution is 2.15. The number of hydrogen-bond donors (Lipinski definition) is 0. The third-order valence-electron chi connectivity index (χ3n) is 2.67. The summed E-state index contributed by atoms with van der Waals surface area (Å²) in [7, 11) is 0. The zero-order valence-corrected chi connectivity index (χ0v) is 11.2. The molecule has 0 N–H and O–H groups in total. The quantitative estimate of drug-likeness (QED) is 0.801. The number of hydrogen-bond acceptors (Lipinski definition) is 3. The van der Waals surface area contributed by atoms with Gasteiger partial charge in [-0.3, -0.25) is 9.88 Å². The molecular formula is C11H14BrClN2O. The topological polar surface area (TPSA) is 25.4 Å². The molecule has 1 unspecified atom stereocenters. The molecule has 2 rings (SSSR count). The summed E-state index contributed by atoms with van der Waals surface area (Å²) < 4.78 is 6.43. The van der Waals surface area contributed by atoms with Crippen molar-refractivity contribution in [1.29, 1.82) is 0 Å². The van der Waals surface area contributed by atoms with Gasteiger partial charge in [-0.25, -0.2) is 0 Å². The van der Waals surface area contributed by atoms with Crippen LogP contribution in [0.2, 0.25) is 0 Å². The Kier molecular flexibility index (Phi) is 4.58. The lowest BCUT2D eigenvalue weighted by Gasteiger charge is -2.34. The summed E-state index contributed by atoms with van der Waals surface area (Å²) in [6.07, 6.45) is 3.69. The van der Waals surface area contributed by atoms with Crippen molar-refractivity contribution in [3.63, 3.8) is 0 Å². The smallest absolute Gasteiger partial charge is 0.0634 e. The fourth-order valence-electron chi connectivity index (χ4n) is 1.82. The fraction of sp³-hybridized carbons (Fsp3) is 0.545. The Hall–Kier alpha value is -0.160. The number of alkyl halides is 1.